The normalized spacial score (nSPS) is 19.2. The number of benzene rings is 2. The number of nitrogens with one attached hydrogen (secondary N) is 2. The molecule has 0 saturated carbocycles. The van der Waals surface area contributed by atoms with Crippen molar-refractivity contribution in [2.75, 3.05) is 39.6 Å². The highest BCUT2D eigenvalue weighted by Gasteiger charge is 2.45. The molecule has 0 bridgehead atoms. The van der Waals surface area contributed by atoms with E-state index in [9.17, 15) is 19.5 Å². The van der Waals surface area contributed by atoms with Gasteiger partial charge in [0.05, 0.1) is 62.3 Å². The van der Waals surface area contributed by atoms with E-state index in [4.69, 9.17) is 14.5 Å². The van der Waals surface area contributed by atoms with E-state index in [2.05, 4.69) is 41.8 Å². The van der Waals surface area contributed by atoms with Crippen molar-refractivity contribution >= 4 is 28.5 Å². The van der Waals surface area contributed by atoms with E-state index in [0.717, 1.165) is 59.2 Å². The fourth-order valence-corrected chi connectivity index (χ4v) is 8.62. The summed E-state index contributed by atoms with van der Waals surface area (Å²) in [6.45, 7) is 10.7. The van der Waals surface area contributed by atoms with E-state index in [1.54, 1.807) is 23.6 Å². The molecule has 0 unspecified atom stereocenters. The highest BCUT2D eigenvalue weighted by Crippen LogP contribution is 2.41. The van der Waals surface area contributed by atoms with Crippen molar-refractivity contribution in [3.8, 4) is 17.1 Å². The van der Waals surface area contributed by atoms with E-state index in [-0.39, 0.29) is 60.0 Å². The van der Waals surface area contributed by atoms with Gasteiger partial charge in [0, 0.05) is 72.3 Å². The van der Waals surface area contributed by atoms with Gasteiger partial charge in [-0.1, -0.05) is 32.9 Å². The number of cyclic esters (lactones) is 1. The van der Waals surface area contributed by atoms with Crippen molar-refractivity contribution in [3.63, 3.8) is 0 Å². The summed E-state index contributed by atoms with van der Waals surface area (Å²) in [5, 5.41) is 18.3. The Morgan fingerprint density at radius 1 is 1.11 bits per heavy atom. The van der Waals surface area contributed by atoms with Gasteiger partial charge in [-0.05, 0) is 43.2 Å². The van der Waals surface area contributed by atoms with Gasteiger partial charge in [-0.2, -0.15) is 0 Å². The SMILES string of the molecule is CC[C@@]1(O)C(=O)OCc2c1cc1n(c2=O)Cc2c-1nc1cc(F)c(OC)cc1c2CN1CCC([N+](C)(C)Cc2ccc(NC(=O)[C@H](C)NC(C)C)cc2)CC1. The summed E-state index contributed by atoms with van der Waals surface area (Å²) in [6, 6.07) is 13.2. The Morgan fingerprint density at radius 3 is 2.47 bits per heavy atom. The zero-order valence-electron chi connectivity index (χ0n) is 32.8. The van der Waals surface area contributed by atoms with Crippen LogP contribution >= 0.6 is 0 Å². The average molecular weight is 756 g/mol. The first-order valence-electron chi connectivity index (χ1n) is 19.2. The van der Waals surface area contributed by atoms with Gasteiger partial charge in [-0.15, -0.1) is 0 Å². The molecule has 7 rings (SSSR count). The van der Waals surface area contributed by atoms with Crippen LogP contribution in [0.1, 0.15) is 74.8 Å². The molecule has 1 saturated heterocycles. The molecule has 0 spiro atoms. The Balaban J connectivity index is 1.11. The zero-order chi connectivity index (χ0) is 39.4. The maximum atomic E-state index is 15.1. The van der Waals surface area contributed by atoms with Crippen LogP contribution < -0.4 is 20.9 Å². The first-order valence-corrected chi connectivity index (χ1v) is 19.2. The maximum Gasteiger partial charge on any atom is 0.343 e. The van der Waals surface area contributed by atoms with Crippen molar-refractivity contribution in [2.45, 2.75) is 96.9 Å². The number of halogens is 1. The van der Waals surface area contributed by atoms with Crippen LogP contribution in [0.2, 0.25) is 0 Å². The Kier molecular flexibility index (Phi) is 10.4. The molecular weight excluding hydrogens is 703 g/mol. The number of rotatable bonds is 11. The first-order chi connectivity index (χ1) is 26.1. The number of anilines is 1. The van der Waals surface area contributed by atoms with E-state index >= 15 is 4.39 Å². The van der Waals surface area contributed by atoms with E-state index in [0.29, 0.717) is 29.5 Å². The molecule has 2 aromatic heterocycles. The number of carbonyl (C=O) groups is 2. The number of hydrogen-bond acceptors (Lipinski definition) is 9. The van der Waals surface area contributed by atoms with Crippen LogP contribution in [0.25, 0.3) is 22.3 Å². The zero-order valence-corrected chi connectivity index (χ0v) is 32.8. The molecule has 0 radical (unpaired) electrons. The van der Waals surface area contributed by atoms with Crippen LogP contribution in [0.15, 0.2) is 47.3 Å². The number of likely N-dealkylation sites (tertiary alicyclic amines) is 1. The number of aliphatic hydroxyl groups is 1. The van der Waals surface area contributed by atoms with Gasteiger partial charge in [0.25, 0.3) is 5.56 Å². The van der Waals surface area contributed by atoms with Gasteiger partial charge in [0.15, 0.2) is 17.2 Å². The predicted molar refractivity (Wildman–Crippen MR) is 208 cm³/mol. The molecule has 3 aliphatic rings. The lowest BCUT2D eigenvalue weighted by Gasteiger charge is -2.43. The molecule has 292 valence electrons. The minimum atomic E-state index is -1.94. The largest absolute Gasteiger partial charge is 0.494 e. The molecule has 3 aliphatic heterocycles. The average Bonchev–Trinajstić information content (AvgIpc) is 3.52. The summed E-state index contributed by atoms with van der Waals surface area (Å²) < 4.78 is 28.2. The molecule has 4 aromatic rings. The molecular formula is C42H52FN6O6+. The summed E-state index contributed by atoms with van der Waals surface area (Å²) in [7, 11) is 5.98. The molecule has 2 aromatic carbocycles. The van der Waals surface area contributed by atoms with Crippen LogP contribution in [0, 0.1) is 5.82 Å². The second-order valence-corrected chi connectivity index (χ2v) is 16.2. The smallest absolute Gasteiger partial charge is 0.343 e. The second-order valence-electron chi connectivity index (χ2n) is 16.2. The third-order valence-corrected chi connectivity index (χ3v) is 11.8. The van der Waals surface area contributed by atoms with E-state index in [1.807, 2.05) is 32.9 Å². The Hall–Kier alpha value is -4.69. The highest BCUT2D eigenvalue weighted by molar-refractivity contribution is 5.94. The number of ether oxygens (including phenoxy) is 2. The van der Waals surface area contributed by atoms with Crippen molar-refractivity contribution < 1.29 is 33.0 Å². The maximum absolute atomic E-state index is 15.1. The Morgan fingerprint density at radius 2 is 1.82 bits per heavy atom. The summed E-state index contributed by atoms with van der Waals surface area (Å²) in [5.74, 6) is -1.26. The third kappa shape index (κ3) is 7.14. The second kappa shape index (κ2) is 14.8. The summed E-state index contributed by atoms with van der Waals surface area (Å²) in [4.78, 5) is 46.5. The van der Waals surface area contributed by atoms with Crippen molar-refractivity contribution in [1.82, 2.24) is 19.8 Å². The lowest BCUT2D eigenvalue weighted by atomic mass is 9.86. The molecule has 55 heavy (non-hydrogen) atoms. The number of amides is 1. The van der Waals surface area contributed by atoms with Gasteiger partial charge < -0.3 is 34.3 Å². The van der Waals surface area contributed by atoms with Crippen molar-refractivity contribution in [2.24, 2.45) is 0 Å². The molecule has 5 heterocycles. The molecule has 12 nitrogen and oxygen atoms in total. The lowest BCUT2D eigenvalue weighted by molar-refractivity contribution is -0.929. The number of quaternary nitrogens is 1. The number of piperidine rings is 1. The van der Waals surface area contributed by atoms with Gasteiger partial charge in [0.2, 0.25) is 5.91 Å². The minimum absolute atomic E-state index is 0.0452. The Bertz CT molecular complexity index is 2210. The minimum Gasteiger partial charge on any atom is -0.494 e. The van der Waals surface area contributed by atoms with Gasteiger partial charge in [-0.25, -0.2) is 14.2 Å². The molecule has 1 fully saturated rings. The number of pyridine rings is 2. The summed E-state index contributed by atoms with van der Waals surface area (Å²) >= 11 is 0. The number of aromatic nitrogens is 2. The fourth-order valence-electron chi connectivity index (χ4n) is 8.62. The van der Waals surface area contributed by atoms with Gasteiger partial charge in [-0.3, -0.25) is 14.5 Å². The monoisotopic (exact) mass is 755 g/mol. The summed E-state index contributed by atoms with van der Waals surface area (Å²) in [5.41, 5.74) is 3.49. The fraction of sp³-hybridized carbons (Fsp3) is 0.476. The van der Waals surface area contributed by atoms with E-state index in [1.165, 1.54) is 18.7 Å². The van der Waals surface area contributed by atoms with Crippen LogP contribution in [0.5, 0.6) is 5.75 Å². The molecule has 13 heteroatoms. The number of methoxy groups -OCH3 is 1. The third-order valence-electron chi connectivity index (χ3n) is 11.8. The Labute approximate surface area is 320 Å². The standard InChI is InChI=1S/C42H51FN6O6/c1-8-42(53)33-18-36-38-31(21-48(36)40(51)32(33)23-55-41(42)52)30(29-17-37(54-7)34(43)19-35(29)46-38)20-47-15-13-28(14-16-47)49(5,6)22-26-9-11-27(12-10-26)45-39(50)25(4)44-24(2)3/h9-12,17-19,24-25,28,44,53H,8,13-16,20-23H2,1-7H3/p+1/t25-,42-/m0/s1. The predicted octanol–water partition coefficient (Wildman–Crippen LogP) is 4.79. The number of fused-ring (bicyclic) bond motifs is 5. The summed E-state index contributed by atoms with van der Waals surface area (Å²) in [6.07, 6.45) is 1.99. The van der Waals surface area contributed by atoms with Crippen LogP contribution in [-0.2, 0) is 46.2 Å². The topological polar surface area (TPSA) is 135 Å². The van der Waals surface area contributed by atoms with Crippen molar-refractivity contribution in [3.05, 3.63) is 86.5 Å². The molecule has 1 amide bonds. The highest BCUT2D eigenvalue weighted by atomic mass is 19.1. The number of nitrogens with zero attached hydrogens (tertiary/aromatic N) is 4. The van der Waals surface area contributed by atoms with Crippen molar-refractivity contribution in [1.29, 1.82) is 0 Å². The molecule has 0 aliphatic carbocycles. The van der Waals surface area contributed by atoms with Crippen LogP contribution in [0.4, 0.5) is 10.1 Å². The quantitative estimate of drug-likeness (QED) is 0.129. The van der Waals surface area contributed by atoms with Crippen LogP contribution in [-0.4, -0.2) is 88.3 Å². The number of carbonyl (C=O) groups excluding carboxylic acids is 2. The van der Waals surface area contributed by atoms with Crippen LogP contribution in [0.3, 0.4) is 0 Å². The molecule has 3 N–H and O–H groups in total. The first kappa shape index (κ1) is 38.6. The van der Waals surface area contributed by atoms with E-state index < -0.39 is 17.4 Å². The molecule has 2 atom stereocenters. The van der Waals surface area contributed by atoms with Gasteiger partial charge >= 0.3 is 5.97 Å². The van der Waals surface area contributed by atoms with Gasteiger partial charge in [0.1, 0.15) is 13.2 Å². The number of esters is 1. The lowest BCUT2D eigenvalue weighted by Crippen LogP contribution is -2.53. The number of hydrogen-bond donors (Lipinski definition) is 3.